The Labute approximate surface area is 190 Å². The number of hydrogen-bond donors (Lipinski definition) is 2. The number of carbonyl (C=O) groups is 1. The van der Waals surface area contributed by atoms with E-state index in [2.05, 4.69) is 41.5 Å². The number of aromatic nitrogens is 3. The lowest BCUT2D eigenvalue weighted by Crippen LogP contribution is -2.12. The molecule has 1 amide bonds. The minimum Gasteiger partial charge on any atom is -0.354 e. The van der Waals surface area contributed by atoms with Crippen LogP contribution in [0.4, 0.5) is 5.69 Å². The highest BCUT2D eigenvalue weighted by molar-refractivity contribution is 6.10. The summed E-state index contributed by atoms with van der Waals surface area (Å²) in [5.41, 5.74) is 7.45. The number of amides is 1. The number of para-hydroxylation sites is 1. The van der Waals surface area contributed by atoms with E-state index >= 15 is 0 Å². The van der Waals surface area contributed by atoms with Gasteiger partial charge in [0.1, 0.15) is 5.65 Å². The molecular weight excluding hydrogens is 408 g/mol. The molecule has 0 saturated heterocycles. The number of aryl methyl sites for hydroxylation is 1. The molecule has 3 aromatic carbocycles. The minimum absolute atomic E-state index is 0.161. The average molecular weight is 431 g/mol. The number of rotatable bonds is 4. The lowest BCUT2D eigenvalue weighted by Gasteiger charge is -2.06. The fourth-order valence-corrected chi connectivity index (χ4v) is 4.44. The normalized spacial score (nSPS) is 11.4. The summed E-state index contributed by atoms with van der Waals surface area (Å²) in [6, 6.07) is 26.0. The van der Waals surface area contributed by atoms with E-state index in [0.717, 1.165) is 45.4 Å². The first-order valence-corrected chi connectivity index (χ1v) is 11.1. The molecule has 160 valence electrons. The smallest absolute Gasteiger partial charge is 0.255 e. The molecule has 0 spiro atoms. The van der Waals surface area contributed by atoms with E-state index in [1.807, 2.05) is 71.4 Å². The van der Waals surface area contributed by atoms with Crippen molar-refractivity contribution in [3.8, 4) is 11.3 Å². The number of nitrogens with zero attached hydrogens (tertiary/aromatic N) is 2. The van der Waals surface area contributed by atoms with Crippen LogP contribution in [0.1, 0.15) is 22.8 Å². The highest BCUT2D eigenvalue weighted by Gasteiger charge is 2.12. The van der Waals surface area contributed by atoms with Crippen LogP contribution >= 0.6 is 0 Å². The Morgan fingerprint density at radius 3 is 2.70 bits per heavy atom. The Hall–Kier alpha value is -4.38. The van der Waals surface area contributed by atoms with Crippen molar-refractivity contribution in [2.45, 2.75) is 13.3 Å². The molecule has 0 aliphatic carbocycles. The van der Waals surface area contributed by atoms with Crippen LogP contribution in [-0.4, -0.2) is 20.3 Å². The summed E-state index contributed by atoms with van der Waals surface area (Å²) in [6.07, 6.45) is 4.81. The van der Waals surface area contributed by atoms with Crippen LogP contribution < -0.4 is 5.32 Å². The Kier molecular flexibility index (Phi) is 4.47. The number of carbonyl (C=O) groups excluding carboxylic acids is 1. The number of H-pyrrole nitrogens is 1. The van der Waals surface area contributed by atoms with Crippen molar-refractivity contribution in [2.24, 2.45) is 0 Å². The van der Waals surface area contributed by atoms with Gasteiger partial charge in [-0.3, -0.25) is 4.79 Å². The minimum atomic E-state index is -0.161. The molecule has 6 rings (SSSR count). The van der Waals surface area contributed by atoms with Gasteiger partial charge in [-0.25, -0.2) is 4.98 Å². The van der Waals surface area contributed by atoms with E-state index in [0.29, 0.717) is 5.56 Å². The van der Waals surface area contributed by atoms with E-state index in [4.69, 9.17) is 4.98 Å². The molecule has 3 heterocycles. The third-order valence-electron chi connectivity index (χ3n) is 6.15. The topological polar surface area (TPSA) is 62.2 Å². The number of imidazole rings is 1. The van der Waals surface area contributed by atoms with Crippen LogP contribution in [-0.2, 0) is 6.42 Å². The number of benzene rings is 3. The summed E-state index contributed by atoms with van der Waals surface area (Å²) in [5.74, 6) is -0.161. The molecule has 0 bridgehead atoms. The molecule has 0 aliphatic heterocycles. The Bertz CT molecular complexity index is 1640. The molecule has 5 heteroatoms. The number of anilines is 1. The zero-order valence-corrected chi connectivity index (χ0v) is 18.2. The molecule has 0 saturated carbocycles. The predicted molar refractivity (Wildman–Crippen MR) is 134 cm³/mol. The van der Waals surface area contributed by atoms with Gasteiger partial charge in [0.25, 0.3) is 5.91 Å². The van der Waals surface area contributed by atoms with Crippen LogP contribution in [0.2, 0.25) is 0 Å². The van der Waals surface area contributed by atoms with Gasteiger partial charge in [0, 0.05) is 51.0 Å². The molecule has 2 N–H and O–H groups in total. The summed E-state index contributed by atoms with van der Waals surface area (Å²) < 4.78 is 1.93. The maximum absolute atomic E-state index is 13.0. The quantitative estimate of drug-likeness (QED) is 0.338. The number of aromatic amines is 1. The zero-order valence-electron chi connectivity index (χ0n) is 18.2. The van der Waals surface area contributed by atoms with E-state index in [9.17, 15) is 4.79 Å². The van der Waals surface area contributed by atoms with E-state index in [1.54, 1.807) is 0 Å². The molecule has 3 aromatic heterocycles. The molecule has 5 nitrogen and oxygen atoms in total. The molecule has 0 atom stereocenters. The Morgan fingerprint density at radius 1 is 0.970 bits per heavy atom. The maximum atomic E-state index is 13.0. The standard InChI is InChI=1S/C28H22N4O/c1-2-18-9-6-10-23-22-12-11-21(16-24(22)31-27(18)23)29-28(33)20-13-14-32-17-25(30-26(32)15-20)19-7-4-3-5-8-19/h3-17,31H,2H2,1H3,(H,29,33). The van der Waals surface area contributed by atoms with Crippen LogP contribution in [0.25, 0.3) is 38.7 Å². The van der Waals surface area contributed by atoms with E-state index < -0.39 is 0 Å². The number of hydrogen-bond acceptors (Lipinski definition) is 2. The van der Waals surface area contributed by atoms with Gasteiger partial charge in [0.2, 0.25) is 0 Å². The second-order valence-corrected chi connectivity index (χ2v) is 8.21. The first-order chi connectivity index (χ1) is 16.2. The van der Waals surface area contributed by atoms with Gasteiger partial charge in [-0.15, -0.1) is 0 Å². The second kappa shape index (κ2) is 7.64. The van der Waals surface area contributed by atoms with Crippen molar-refractivity contribution in [2.75, 3.05) is 5.32 Å². The monoisotopic (exact) mass is 430 g/mol. The van der Waals surface area contributed by atoms with E-state index in [1.165, 1.54) is 10.9 Å². The van der Waals surface area contributed by atoms with Gasteiger partial charge in [-0.1, -0.05) is 61.5 Å². The largest absolute Gasteiger partial charge is 0.354 e. The third-order valence-corrected chi connectivity index (χ3v) is 6.15. The molecule has 0 unspecified atom stereocenters. The fraction of sp³-hybridized carbons (Fsp3) is 0.0714. The van der Waals surface area contributed by atoms with Crippen molar-refractivity contribution in [3.05, 3.63) is 102 Å². The molecule has 0 aliphatic rings. The summed E-state index contributed by atoms with van der Waals surface area (Å²) in [7, 11) is 0. The SMILES string of the molecule is CCc1cccc2c1[nH]c1cc(NC(=O)c3ccn4cc(-c5ccccc5)nc4c3)ccc12. The van der Waals surface area contributed by atoms with Crippen LogP contribution in [0.15, 0.2) is 91.3 Å². The first-order valence-electron chi connectivity index (χ1n) is 11.1. The lowest BCUT2D eigenvalue weighted by molar-refractivity contribution is 0.102. The van der Waals surface area contributed by atoms with Gasteiger partial charge < -0.3 is 14.7 Å². The first kappa shape index (κ1) is 19.3. The third kappa shape index (κ3) is 3.34. The second-order valence-electron chi connectivity index (χ2n) is 8.21. The Morgan fingerprint density at radius 2 is 1.85 bits per heavy atom. The van der Waals surface area contributed by atoms with Gasteiger partial charge >= 0.3 is 0 Å². The lowest BCUT2D eigenvalue weighted by atomic mass is 10.1. The summed E-state index contributed by atoms with van der Waals surface area (Å²) in [6.45, 7) is 2.16. The molecule has 6 aromatic rings. The van der Waals surface area contributed by atoms with Gasteiger partial charge in [-0.05, 0) is 36.2 Å². The van der Waals surface area contributed by atoms with Gasteiger partial charge in [-0.2, -0.15) is 0 Å². The van der Waals surface area contributed by atoms with Crippen molar-refractivity contribution in [3.63, 3.8) is 0 Å². The molecule has 0 fully saturated rings. The zero-order chi connectivity index (χ0) is 22.4. The predicted octanol–water partition coefficient (Wildman–Crippen LogP) is 6.45. The van der Waals surface area contributed by atoms with Crippen LogP contribution in [0, 0.1) is 0 Å². The van der Waals surface area contributed by atoms with Crippen molar-refractivity contribution in [1.29, 1.82) is 0 Å². The fourth-order valence-electron chi connectivity index (χ4n) is 4.44. The molecule has 33 heavy (non-hydrogen) atoms. The highest BCUT2D eigenvalue weighted by atomic mass is 16.1. The number of fused-ring (bicyclic) bond motifs is 4. The van der Waals surface area contributed by atoms with Gasteiger partial charge in [0.15, 0.2) is 0 Å². The number of pyridine rings is 1. The summed E-state index contributed by atoms with van der Waals surface area (Å²) in [5, 5.41) is 5.40. The highest BCUT2D eigenvalue weighted by Crippen LogP contribution is 2.30. The summed E-state index contributed by atoms with van der Waals surface area (Å²) in [4.78, 5) is 21.2. The Balaban J connectivity index is 1.30. The van der Waals surface area contributed by atoms with Crippen LogP contribution in [0.3, 0.4) is 0 Å². The summed E-state index contributed by atoms with van der Waals surface area (Å²) >= 11 is 0. The average Bonchev–Trinajstić information content (AvgIpc) is 3.45. The molecule has 0 radical (unpaired) electrons. The van der Waals surface area contributed by atoms with Crippen LogP contribution in [0.5, 0.6) is 0 Å². The van der Waals surface area contributed by atoms with E-state index in [-0.39, 0.29) is 5.91 Å². The molecular formula is C28H22N4O. The van der Waals surface area contributed by atoms with Crippen molar-refractivity contribution in [1.82, 2.24) is 14.4 Å². The number of nitrogens with one attached hydrogen (secondary N) is 2. The van der Waals surface area contributed by atoms with Crippen molar-refractivity contribution >= 4 is 39.0 Å². The van der Waals surface area contributed by atoms with Gasteiger partial charge in [0.05, 0.1) is 5.69 Å². The van der Waals surface area contributed by atoms with Crippen molar-refractivity contribution < 1.29 is 4.79 Å². The maximum Gasteiger partial charge on any atom is 0.255 e.